The van der Waals surface area contributed by atoms with Crippen LogP contribution in [-0.2, 0) is 4.79 Å². The first-order valence-corrected chi connectivity index (χ1v) is 8.42. The van der Waals surface area contributed by atoms with Gasteiger partial charge in [-0.25, -0.2) is 0 Å². The Kier molecular flexibility index (Phi) is 5.81. The summed E-state index contributed by atoms with van der Waals surface area (Å²) in [6.45, 7) is 5.35. The summed E-state index contributed by atoms with van der Waals surface area (Å²) >= 11 is 4.64. The van der Waals surface area contributed by atoms with Gasteiger partial charge >= 0.3 is 0 Å². The Morgan fingerprint density at radius 1 is 1.24 bits per heavy atom. The lowest BCUT2D eigenvalue weighted by Crippen LogP contribution is -2.31. The van der Waals surface area contributed by atoms with Gasteiger partial charge in [-0.15, -0.1) is 10.2 Å². The maximum atomic E-state index is 11.9. The second-order valence-corrected chi connectivity index (χ2v) is 6.08. The average Bonchev–Trinajstić information content (AvgIpc) is 2.96. The van der Waals surface area contributed by atoms with Crippen LogP contribution in [0, 0.1) is 0 Å². The van der Waals surface area contributed by atoms with Crippen molar-refractivity contribution in [2.45, 2.75) is 19.1 Å². The molecular weight excluding hydrogens is 354 g/mol. The summed E-state index contributed by atoms with van der Waals surface area (Å²) in [7, 11) is 0. The number of aromatic nitrogens is 2. The highest BCUT2D eigenvalue weighted by molar-refractivity contribution is 9.10. The first-order chi connectivity index (χ1) is 10.1. The number of amides is 1. The van der Waals surface area contributed by atoms with E-state index in [0.717, 1.165) is 10.0 Å². The number of hydrogen-bond donors (Lipinski definition) is 0. The van der Waals surface area contributed by atoms with Gasteiger partial charge in [-0.2, -0.15) is 0 Å². The summed E-state index contributed by atoms with van der Waals surface area (Å²) in [4.78, 5) is 13.7. The average molecular weight is 370 g/mol. The van der Waals surface area contributed by atoms with Crippen molar-refractivity contribution >= 4 is 33.6 Å². The second kappa shape index (κ2) is 7.61. The van der Waals surface area contributed by atoms with Gasteiger partial charge in [0.1, 0.15) is 0 Å². The van der Waals surface area contributed by atoms with Crippen LogP contribution in [0.4, 0.5) is 0 Å². The van der Waals surface area contributed by atoms with Crippen LogP contribution in [-0.4, -0.2) is 39.8 Å². The summed E-state index contributed by atoms with van der Waals surface area (Å²) in [5.41, 5.74) is 0.854. The third-order valence-corrected chi connectivity index (χ3v) is 4.26. The first-order valence-electron chi connectivity index (χ1n) is 6.64. The van der Waals surface area contributed by atoms with Crippen molar-refractivity contribution < 1.29 is 9.21 Å². The fourth-order valence-electron chi connectivity index (χ4n) is 1.77. The smallest absolute Gasteiger partial charge is 0.277 e. The van der Waals surface area contributed by atoms with Crippen LogP contribution in [0.2, 0.25) is 0 Å². The van der Waals surface area contributed by atoms with Crippen LogP contribution in [0.5, 0.6) is 0 Å². The van der Waals surface area contributed by atoms with E-state index in [1.54, 1.807) is 4.90 Å². The van der Waals surface area contributed by atoms with Gasteiger partial charge in [-0.1, -0.05) is 27.7 Å². The van der Waals surface area contributed by atoms with Gasteiger partial charge in [-0.3, -0.25) is 4.79 Å². The Bertz CT molecular complexity index is 597. The van der Waals surface area contributed by atoms with E-state index < -0.39 is 0 Å². The number of carbonyl (C=O) groups excluding carboxylic acids is 1. The number of thioether (sulfide) groups is 1. The van der Waals surface area contributed by atoms with Gasteiger partial charge < -0.3 is 9.32 Å². The molecule has 0 saturated heterocycles. The largest absolute Gasteiger partial charge is 0.411 e. The third-order valence-electron chi connectivity index (χ3n) is 2.93. The highest BCUT2D eigenvalue weighted by Gasteiger charge is 2.14. The van der Waals surface area contributed by atoms with Crippen molar-refractivity contribution in [3.63, 3.8) is 0 Å². The van der Waals surface area contributed by atoms with Gasteiger partial charge in [0.25, 0.3) is 5.22 Å². The van der Waals surface area contributed by atoms with E-state index in [9.17, 15) is 4.79 Å². The topological polar surface area (TPSA) is 59.2 Å². The van der Waals surface area contributed by atoms with Crippen LogP contribution >= 0.6 is 27.7 Å². The standard InChI is InChI=1S/C14H16BrN3O2S/c1-3-18(4-2)12(19)9-21-14-17-16-13(20-14)10-5-7-11(15)8-6-10/h5-8H,3-4,9H2,1-2H3. The molecule has 0 aliphatic rings. The fourth-order valence-corrected chi connectivity index (χ4v) is 2.70. The minimum Gasteiger partial charge on any atom is -0.411 e. The van der Waals surface area contributed by atoms with E-state index >= 15 is 0 Å². The zero-order valence-corrected chi connectivity index (χ0v) is 14.3. The van der Waals surface area contributed by atoms with Gasteiger partial charge in [0.05, 0.1) is 5.75 Å². The molecule has 21 heavy (non-hydrogen) atoms. The summed E-state index contributed by atoms with van der Waals surface area (Å²) in [5.74, 6) is 0.845. The minimum absolute atomic E-state index is 0.0772. The van der Waals surface area contributed by atoms with Crippen molar-refractivity contribution in [2.24, 2.45) is 0 Å². The molecule has 0 N–H and O–H groups in total. The van der Waals surface area contributed by atoms with Crippen molar-refractivity contribution in [3.05, 3.63) is 28.7 Å². The number of hydrogen-bond acceptors (Lipinski definition) is 5. The van der Waals surface area contributed by atoms with E-state index in [-0.39, 0.29) is 5.91 Å². The van der Waals surface area contributed by atoms with Crippen LogP contribution in [0.25, 0.3) is 11.5 Å². The zero-order valence-electron chi connectivity index (χ0n) is 11.9. The highest BCUT2D eigenvalue weighted by atomic mass is 79.9. The number of halogens is 1. The molecule has 0 aliphatic carbocycles. The molecule has 2 rings (SSSR count). The van der Waals surface area contributed by atoms with E-state index in [1.165, 1.54) is 11.8 Å². The first kappa shape index (κ1) is 16.0. The molecule has 0 radical (unpaired) electrons. The monoisotopic (exact) mass is 369 g/mol. The predicted octanol–water partition coefficient (Wildman–Crippen LogP) is 3.46. The maximum Gasteiger partial charge on any atom is 0.277 e. The summed E-state index contributed by atoms with van der Waals surface area (Å²) in [5, 5.41) is 8.37. The zero-order chi connectivity index (χ0) is 15.2. The Labute approximate surface area is 136 Å². The molecule has 0 aliphatic heterocycles. The molecule has 112 valence electrons. The summed E-state index contributed by atoms with van der Waals surface area (Å²) < 4.78 is 6.55. The van der Waals surface area contributed by atoms with Crippen molar-refractivity contribution in [1.82, 2.24) is 15.1 Å². The molecule has 5 nitrogen and oxygen atoms in total. The number of benzene rings is 1. The quantitative estimate of drug-likeness (QED) is 0.729. The molecule has 0 saturated carbocycles. The van der Waals surface area contributed by atoms with E-state index in [0.29, 0.717) is 30.0 Å². The Hall–Kier alpha value is -1.34. The van der Waals surface area contributed by atoms with Gasteiger partial charge in [-0.05, 0) is 38.1 Å². The maximum absolute atomic E-state index is 11.9. The van der Waals surface area contributed by atoms with Crippen molar-refractivity contribution in [2.75, 3.05) is 18.8 Å². The molecule has 1 aromatic heterocycles. The lowest BCUT2D eigenvalue weighted by Gasteiger charge is -2.17. The molecule has 0 fully saturated rings. The van der Waals surface area contributed by atoms with E-state index in [2.05, 4.69) is 26.1 Å². The van der Waals surface area contributed by atoms with Crippen LogP contribution in [0.3, 0.4) is 0 Å². The number of nitrogens with zero attached hydrogens (tertiary/aromatic N) is 3. The molecular formula is C14H16BrN3O2S. The summed E-state index contributed by atoms with van der Waals surface area (Å²) in [6, 6.07) is 7.62. The normalized spacial score (nSPS) is 10.6. The van der Waals surface area contributed by atoms with Gasteiger partial charge in [0.15, 0.2) is 0 Å². The van der Waals surface area contributed by atoms with Crippen molar-refractivity contribution in [1.29, 1.82) is 0 Å². The SMILES string of the molecule is CCN(CC)C(=O)CSc1nnc(-c2ccc(Br)cc2)o1. The van der Waals surface area contributed by atoms with Crippen molar-refractivity contribution in [3.8, 4) is 11.5 Å². The molecule has 1 amide bonds. The highest BCUT2D eigenvalue weighted by Crippen LogP contribution is 2.24. The molecule has 2 aromatic rings. The van der Waals surface area contributed by atoms with Crippen LogP contribution in [0.15, 0.2) is 38.4 Å². The van der Waals surface area contributed by atoms with Crippen LogP contribution < -0.4 is 0 Å². The van der Waals surface area contributed by atoms with Gasteiger partial charge in [0.2, 0.25) is 11.8 Å². The molecule has 0 bridgehead atoms. The number of carbonyl (C=O) groups is 1. The number of rotatable bonds is 6. The Morgan fingerprint density at radius 3 is 2.52 bits per heavy atom. The lowest BCUT2D eigenvalue weighted by atomic mass is 10.2. The molecule has 0 unspecified atom stereocenters. The molecule has 1 heterocycles. The molecule has 7 heteroatoms. The molecule has 0 atom stereocenters. The van der Waals surface area contributed by atoms with E-state index in [4.69, 9.17) is 4.42 Å². The summed E-state index contributed by atoms with van der Waals surface area (Å²) in [6.07, 6.45) is 0. The minimum atomic E-state index is 0.0772. The molecule has 1 aromatic carbocycles. The third kappa shape index (κ3) is 4.31. The van der Waals surface area contributed by atoms with Crippen LogP contribution in [0.1, 0.15) is 13.8 Å². The Balaban J connectivity index is 1.97. The molecule has 0 spiro atoms. The van der Waals surface area contributed by atoms with Gasteiger partial charge in [0, 0.05) is 23.1 Å². The lowest BCUT2D eigenvalue weighted by molar-refractivity contribution is -0.127. The Morgan fingerprint density at radius 2 is 1.90 bits per heavy atom. The predicted molar refractivity (Wildman–Crippen MR) is 86.1 cm³/mol. The second-order valence-electron chi connectivity index (χ2n) is 4.23. The van der Waals surface area contributed by atoms with E-state index in [1.807, 2.05) is 38.1 Å². The fraction of sp³-hybridized carbons (Fsp3) is 0.357.